The first-order valence-electron chi connectivity index (χ1n) is 6.02. The van der Waals surface area contributed by atoms with Gasteiger partial charge >= 0.3 is 6.18 Å². The van der Waals surface area contributed by atoms with Gasteiger partial charge in [0.15, 0.2) is 0 Å². The van der Waals surface area contributed by atoms with Crippen LogP contribution in [0.15, 0.2) is 18.2 Å². The third-order valence-corrected chi connectivity index (χ3v) is 2.74. The summed E-state index contributed by atoms with van der Waals surface area (Å²) in [6.07, 6.45) is -4.54. The standard InChI is InChI=1S/C13H17ClF3NO/c1-9(18)8-10-4-2-5-11(14)12(10)19-7-3-6-13(15,16)17/h2,4-5,9H,3,6-8,18H2,1H3. The van der Waals surface area contributed by atoms with Crippen LogP contribution < -0.4 is 10.5 Å². The van der Waals surface area contributed by atoms with Gasteiger partial charge in [-0.05, 0) is 31.4 Å². The molecule has 6 heteroatoms. The minimum atomic E-state index is -4.15. The van der Waals surface area contributed by atoms with E-state index >= 15 is 0 Å². The number of hydrogen-bond donors (Lipinski definition) is 1. The van der Waals surface area contributed by atoms with Gasteiger partial charge in [-0.2, -0.15) is 13.2 Å². The van der Waals surface area contributed by atoms with Gasteiger partial charge in [-0.1, -0.05) is 23.7 Å². The van der Waals surface area contributed by atoms with Gasteiger partial charge in [0.25, 0.3) is 0 Å². The normalized spacial score (nSPS) is 13.4. The molecule has 1 aromatic carbocycles. The van der Waals surface area contributed by atoms with Crippen molar-refractivity contribution >= 4 is 11.6 Å². The molecule has 2 N–H and O–H groups in total. The molecule has 0 heterocycles. The molecule has 0 aliphatic heterocycles. The van der Waals surface area contributed by atoms with Gasteiger partial charge in [0.1, 0.15) is 5.75 Å². The van der Waals surface area contributed by atoms with Crippen LogP contribution in [-0.2, 0) is 6.42 Å². The van der Waals surface area contributed by atoms with E-state index in [1.807, 2.05) is 13.0 Å². The van der Waals surface area contributed by atoms with Crippen molar-refractivity contribution in [1.82, 2.24) is 0 Å². The van der Waals surface area contributed by atoms with Crippen LogP contribution in [0, 0.1) is 0 Å². The Hall–Kier alpha value is -0.940. The predicted octanol–water partition coefficient (Wildman–Crippen LogP) is 3.95. The lowest BCUT2D eigenvalue weighted by Gasteiger charge is -2.15. The zero-order chi connectivity index (χ0) is 14.5. The van der Waals surface area contributed by atoms with E-state index in [0.29, 0.717) is 17.2 Å². The van der Waals surface area contributed by atoms with Crippen molar-refractivity contribution in [2.45, 2.75) is 38.4 Å². The minimum Gasteiger partial charge on any atom is -0.492 e. The van der Waals surface area contributed by atoms with Gasteiger partial charge in [-0.25, -0.2) is 0 Å². The molecule has 19 heavy (non-hydrogen) atoms. The molecule has 0 aliphatic carbocycles. The molecule has 0 saturated heterocycles. The number of ether oxygens (including phenoxy) is 1. The Morgan fingerprint density at radius 3 is 2.63 bits per heavy atom. The SMILES string of the molecule is CC(N)Cc1cccc(Cl)c1OCCCC(F)(F)F. The first-order chi connectivity index (χ1) is 8.79. The zero-order valence-electron chi connectivity index (χ0n) is 10.6. The molecule has 0 spiro atoms. The lowest BCUT2D eigenvalue weighted by molar-refractivity contribution is -0.136. The molecule has 0 saturated carbocycles. The van der Waals surface area contributed by atoms with Crippen LogP contribution in [0.5, 0.6) is 5.75 Å². The summed E-state index contributed by atoms with van der Waals surface area (Å²) in [5.41, 5.74) is 6.52. The van der Waals surface area contributed by atoms with Crippen LogP contribution in [0.3, 0.4) is 0 Å². The average Bonchev–Trinajstić information content (AvgIpc) is 2.25. The van der Waals surface area contributed by atoms with Gasteiger partial charge in [-0.15, -0.1) is 0 Å². The number of para-hydroxylation sites is 1. The van der Waals surface area contributed by atoms with Crippen LogP contribution in [-0.4, -0.2) is 18.8 Å². The smallest absolute Gasteiger partial charge is 0.389 e. The maximum Gasteiger partial charge on any atom is 0.389 e. The molecule has 108 valence electrons. The molecule has 0 bridgehead atoms. The molecule has 1 unspecified atom stereocenters. The third-order valence-electron chi connectivity index (χ3n) is 2.44. The van der Waals surface area contributed by atoms with Crippen LogP contribution in [0.2, 0.25) is 5.02 Å². The van der Waals surface area contributed by atoms with Crippen LogP contribution >= 0.6 is 11.6 Å². The molecule has 0 aliphatic rings. The predicted molar refractivity (Wildman–Crippen MR) is 69.6 cm³/mol. The monoisotopic (exact) mass is 295 g/mol. The van der Waals surface area contributed by atoms with E-state index in [1.54, 1.807) is 12.1 Å². The van der Waals surface area contributed by atoms with Crippen molar-refractivity contribution in [3.63, 3.8) is 0 Å². The second-order valence-corrected chi connectivity index (χ2v) is 4.88. The fraction of sp³-hybridized carbons (Fsp3) is 0.538. The number of rotatable bonds is 6. The molecule has 0 amide bonds. The lowest BCUT2D eigenvalue weighted by Crippen LogP contribution is -2.18. The van der Waals surface area contributed by atoms with Gasteiger partial charge in [0.05, 0.1) is 11.6 Å². The fourth-order valence-electron chi connectivity index (χ4n) is 1.67. The number of nitrogens with two attached hydrogens (primary N) is 1. The van der Waals surface area contributed by atoms with E-state index in [0.717, 1.165) is 5.56 Å². The molecule has 0 fully saturated rings. The van der Waals surface area contributed by atoms with Crippen molar-refractivity contribution in [3.8, 4) is 5.75 Å². The van der Waals surface area contributed by atoms with E-state index in [2.05, 4.69) is 0 Å². The quantitative estimate of drug-likeness (QED) is 0.807. The topological polar surface area (TPSA) is 35.2 Å². The lowest BCUT2D eigenvalue weighted by atomic mass is 10.1. The fourth-order valence-corrected chi connectivity index (χ4v) is 1.92. The first-order valence-corrected chi connectivity index (χ1v) is 6.40. The van der Waals surface area contributed by atoms with Crippen LogP contribution in [0.25, 0.3) is 0 Å². The summed E-state index contributed by atoms with van der Waals surface area (Å²) in [5, 5.41) is 0.394. The minimum absolute atomic E-state index is 0.0187. The maximum atomic E-state index is 12.0. The Bertz CT molecular complexity index is 407. The maximum absolute atomic E-state index is 12.0. The summed E-state index contributed by atoms with van der Waals surface area (Å²) in [4.78, 5) is 0. The number of halogens is 4. The average molecular weight is 296 g/mol. The van der Waals surface area contributed by atoms with E-state index in [1.165, 1.54) is 0 Å². The van der Waals surface area contributed by atoms with Crippen molar-refractivity contribution in [2.24, 2.45) is 5.73 Å². The Labute approximate surface area is 115 Å². The first kappa shape index (κ1) is 16.1. The van der Waals surface area contributed by atoms with Crippen molar-refractivity contribution in [3.05, 3.63) is 28.8 Å². The van der Waals surface area contributed by atoms with E-state index in [-0.39, 0.29) is 19.1 Å². The molecule has 0 aromatic heterocycles. The van der Waals surface area contributed by atoms with Crippen molar-refractivity contribution in [1.29, 1.82) is 0 Å². The summed E-state index contributed by atoms with van der Waals surface area (Å²) < 4.78 is 41.4. The summed E-state index contributed by atoms with van der Waals surface area (Å²) in [6.45, 7) is 1.82. The third kappa shape index (κ3) is 6.16. The Balaban J connectivity index is 2.61. The van der Waals surface area contributed by atoms with Crippen molar-refractivity contribution < 1.29 is 17.9 Å². The number of alkyl halides is 3. The Morgan fingerprint density at radius 2 is 2.05 bits per heavy atom. The second kappa shape index (κ2) is 7.01. The summed E-state index contributed by atoms with van der Waals surface area (Å²) in [6, 6.07) is 5.15. The highest BCUT2D eigenvalue weighted by Crippen LogP contribution is 2.30. The molecule has 2 nitrogen and oxygen atoms in total. The molecule has 1 aromatic rings. The van der Waals surface area contributed by atoms with E-state index in [9.17, 15) is 13.2 Å². The molecular weight excluding hydrogens is 279 g/mol. The zero-order valence-corrected chi connectivity index (χ0v) is 11.4. The van der Waals surface area contributed by atoms with Gasteiger partial charge in [0.2, 0.25) is 0 Å². The molecule has 0 radical (unpaired) electrons. The number of hydrogen-bond acceptors (Lipinski definition) is 2. The van der Waals surface area contributed by atoms with Crippen molar-refractivity contribution in [2.75, 3.05) is 6.61 Å². The Morgan fingerprint density at radius 1 is 1.37 bits per heavy atom. The highest BCUT2D eigenvalue weighted by atomic mass is 35.5. The Kier molecular flexibility index (Phi) is 5.94. The molecule has 1 rings (SSSR count). The summed E-state index contributed by atoms with van der Waals surface area (Å²) in [5.74, 6) is 0.434. The van der Waals surface area contributed by atoms with Crippen LogP contribution in [0.1, 0.15) is 25.3 Å². The van der Waals surface area contributed by atoms with Gasteiger partial charge in [0, 0.05) is 12.5 Å². The van der Waals surface area contributed by atoms with Gasteiger partial charge < -0.3 is 10.5 Å². The van der Waals surface area contributed by atoms with E-state index in [4.69, 9.17) is 22.1 Å². The number of benzene rings is 1. The molecular formula is C13H17ClF3NO. The van der Waals surface area contributed by atoms with Crippen LogP contribution in [0.4, 0.5) is 13.2 Å². The highest BCUT2D eigenvalue weighted by Gasteiger charge is 2.26. The molecule has 1 atom stereocenters. The summed E-state index contributed by atoms with van der Waals surface area (Å²) in [7, 11) is 0. The van der Waals surface area contributed by atoms with Gasteiger partial charge in [-0.3, -0.25) is 0 Å². The highest BCUT2D eigenvalue weighted by molar-refractivity contribution is 6.32. The second-order valence-electron chi connectivity index (χ2n) is 4.48. The summed E-state index contributed by atoms with van der Waals surface area (Å²) >= 11 is 5.99. The van der Waals surface area contributed by atoms with E-state index < -0.39 is 12.6 Å². The largest absolute Gasteiger partial charge is 0.492 e.